The van der Waals surface area contributed by atoms with Crippen LogP contribution in [0.1, 0.15) is 13.8 Å². The molecular formula is C9H19F2NOS. The number of rotatable bonds is 9. The summed E-state index contributed by atoms with van der Waals surface area (Å²) < 4.78 is 30.7. The van der Waals surface area contributed by atoms with Gasteiger partial charge in [-0.25, -0.2) is 8.78 Å². The lowest BCUT2D eigenvalue weighted by Crippen LogP contribution is -2.36. The molecule has 0 aliphatic rings. The van der Waals surface area contributed by atoms with Gasteiger partial charge < -0.3 is 10.1 Å². The molecule has 0 spiro atoms. The van der Waals surface area contributed by atoms with Crippen molar-refractivity contribution in [1.82, 2.24) is 5.32 Å². The van der Waals surface area contributed by atoms with Crippen LogP contribution < -0.4 is 5.32 Å². The van der Waals surface area contributed by atoms with Gasteiger partial charge in [0.05, 0.1) is 13.2 Å². The van der Waals surface area contributed by atoms with Gasteiger partial charge in [0.25, 0.3) is 5.92 Å². The summed E-state index contributed by atoms with van der Waals surface area (Å²) in [7, 11) is 0. The first-order valence-corrected chi connectivity index (χ1v) is 6.02. The van der Waals surface area contributed by atoms with Gasteiger partial charge in [-0.15, -0.1) is 0 Å². The maximum absolute atomic E-state index is 12.9. The van der Waals surface area contributed by atoms with Gasteiger partial charge in [-0.2, -0.15) is 11.8 Å². The van der Waals surface area contributed by atoms with Crippen LogP contribution in [0.3, 0.4) is 0 Å². The molecule has 86 valence electrons. The molecule has 0 aliphatic heterocycles. The maximum Gasteiger partial charge on any atom is 0.283 e. The molecule has 0 fully saturated rings. The molecule has 0 unspecified atom stereocenters. The molecule has 0 amide bonds. The fraction of sp³-hybridized carbons (Fsp3) is 1.00. The number of halogens is 2. The van der Waals surface area contributed by atoms with Crippen molar-refractivity contribution in [2.24, 2.45) is 0 Å². The van der Waals surface area contributed by atoms with Gasteiger partial charge >= 0.3 is 0 Å². The van der Waals surface area contributed by atoms with Crippen LogP contribution in [0.25, 0.3) is 0 Å². The molecule has 14 heavy (non-hydrogen) atoms. The molecule has 0 bridgehead atoms. The van der Waals surface area contributed by atoms with Crippen molar-refractivity contribution < 1.29 is 13.5 Å². The third-order valence-corrected chi connectivity index (χ3v) is 2.39. The van der Waals surface area contributed by atoms with E-state index in [1.54, 1.807) is 18.7 Å². The van der Waals surface area contributed by atoms with E-state index in [0.29, 0.717) is 13.2 Å². The van der Waals surface area contributed by atoms with Crippen LogP contribution in [0.4, 0.5) is 8.78 Å². The topological polar surface area (TPSA) is 21.3 Å². The molecule has 0 saturated carbocycles. The minimum absolute atomic E-state index is 0.301. The zero-order chi connectivity index (χ0) is 10.9. The fourth-order valence-electron chi connectivity index (χ4n) is 0.843. The van der Waals surface area contributed by atoms with E-state index in [1.807, 2.05) is 6.92 Å². The highest BCUT2D eigenvalue weighted by atomic mass is 32.2. The Morgan fingerprint density at radius 1 is 1.36 bits per heavy atom. The van der Waals surface area contributed by atoms with Crippen molar-refractivity contribution in [3.05, 3.63) is 0 Å². The van der Waals surface area contributed by atoms with E-state index < -0.39 is 12.5 Å². The molecule has 0 radical (unpaired) electrons. The second-order valence-electron chi connectivity index (χ2n) is 2.89. The van der Waals surface area contributed by atoms with Gasteiger partial charge in [0.15, 0.2) is 0 Å². The molecule has 0 heterocycles. The van der Waals surface area contributed by atoms with Crippen molar-refractivity contribution >= 4 is 11.8 Å². The van der Waals surface area contributed by atoms with E-state index >= 15 is 0 Å². The Morgan fingerprint density at radius 3 is 2.64 bits per heavy atom. The summed E-state index contributed by atoms with van der Waals surface area (Å²) in [5, 5.41) is 2.61. The molecule has 0 saturated heterocycles. The standard InChI is InChI=1S/C9H19F2NOS/c1-3-12-7-9(10,11)8-13-5-6-14-4-2/h12H,3-8H2,1-2H3. The molecule has 1 N–H and O–H groups in total. The Hall–Kier alpha value is 0.130. The molecule has 0 atom stereocenters. The van der Waals surface area contributed by atoms with Gasteiger partial charge in [0, 0.05) is 5.75 Å². The number of nitrogens with one attached hydrogen (secondary N) is 1. The van der Waals surface area contributed by atoms with Gasteiger partial charge in [0.1, 0.15) is 6.61 Å². The molecule has 0 aromatic heterocycles. The number of hydrogen-bond donors (Lipinski definition) is 1. The van der Waals surface area contributed by atoms with Crippen molar-refractivity contribution in [2.45, 2.75) is 19.8 Å². The van der Waals surface area contributed by atoms with Crippen molar-refractivity contribution in [1.29, 1.82) is 0 Å². The van der Waals surface area contributed by atoms with Gasteiger partial charge in [-0.3, -0.25) is 0 Å². The van der Waals surface area contributed by atoms with E-state index in [0.717, 1.165) is 11.5 Å². The van der Waals surface area contributed by atoms with E-state index in [4.69, 9.17) is 4.74 Å². The largest absolute Gasteiger partial charge is 0.374 e. The van der Waals surface area contributed by atoms with E-state index in [1.165, 1.54) is 0 Å². The Bertz CT molecular complexity index is 136. The minimum Gasteiger partial charge on any atom is -0.374 e. The fourth-order valence-corrected chi connectivity index (χ4v) is 1.37. The first kappa shape index (κ1) is 14.1. The van der Waals surface area contributed by atoms with Gasteiger partial charge in [0.2, 0.25) is 0 Å². The number of alkyl halides is 2. The van der Waals surface area contributed by atoms with Crippen LogP contribution in [0.15, 0.2) is 0 Å². The number of thioether (sulfide) groups is 1. The average Bonchev–Trinajstić information content (AvgIpc) is 2.15. The first-order valence-electron chi connectivity index (χ1n) is 4.86. The van der Waals surface area contributed by atoms with Crippen LogP contribution in [-0.4, -0.2) is 43.7 Å². The lowest BCUT2D eigenvalue weighted by atomic mass is 10.3. The molecule has 0 aliphatic carbocycles. The minimum atomic E-state index is -2.74. The number of hydrogen-bond acceptors (Lipinski definition) is 3. The molecule has 0 rings (SSSR count). The van der Waals surface area contributed by atoms with Gasteiger partial charge in [-0.05, 0) is 12.3 Å². The van der Waals surface area contributed by atoms with E-state index in [-0.39, 0.29) is 6.54 Å². The van der Waals surface area contributed by atoms with Crippen molar-refractivity contribution in [3.63, 3.8) is 0 Å². The normalized spacial score (nSPS) is 12.0. The molecule has 0 aromatic rings. The lowest BCUT2D eigenvalue weighted by Gasteiger charge is -2.16. The van der Waals surface area contributed by atoms with E-state index in [9.17, 15) is 8.78 Å². The van der Waals surface area contributed by atoms with Crippen LogP contribution in [0, 0.1) is 0 Å². The highest BCUT2D eigenvalue weighted by Gasteiger charge is 2.28. The Labute approximate surface area is 88.8 Å². The van der Waals surface area contributed by atoms with Crippen molar-refractivity contribution in [3.8, 4) is 0 Å². The Morgan fingerprint density at radius 2 is 2.07 bits per heavy atom. The predicted octanol–water partition coefficient (Wildman–Crippen LogP) is 2.00. The number of ether oxygens (including phenoxy) is 1. The summed E-state index contributed by atoms with van der Waals surface area (Å²) in [5.74, 6) is -0.960. The van der Waals surface area contributed by atoms with Crippen LogP contribution in [0.2, 0.25) is 0 Å². The van der Waals surface area contributed by atoms with Crippen LogP contribution >= 0.6 is 11.8 Å². The smallest absolute Gasteiger partial charge is 0.283 e. The third kappa shape index (κ3) is 8.72. The van der Waals surface area contributed by atoms with Crippen LogP contribution in [-0.2, 0) is 4.74 Å². The summed E-state index contributed by atoms with van der Waals surface area (Å²) in [6, 6.07) is 0. The summed E-state index contributed by atoms with van der Waals surface area (Å²) >= 11 is 1.69. The molecule has 5 heteroatoms. The highest BCUT2D eigenvalue weighted by Crippen LogP contribution is 2.12. The zero-order valence-electron chi connectivity index (χ0n) is 8.82. The summed E-state index contributed by atoms with van der Waals surface area (Å²) in [5.41, 5.74) is 0. The first-order chi connectivity index (χ1) is 6.62. The molecule has 0 aromatic carbocycles. The zero-order valence-corrected chi connectivity index (χ0v) is 9.63. The second-order valence-corrected chi connectivity index (χ2v) is 4.28. The third-order valence-electron chi connectivity index (χ3n) is 1.52. The monoisotopic (exact) mass is 227 g/mol. The highest BCUT2D eigenvalue weighted by molar-refractivity contribution is 7.99. The summed E-state index contributed by atoms with van der Waals surface area (Å²) in [4.78, 5) is 0. The SMILES string of the molecule is CCNCC(F)(F)COCCSCC. The van der Waals surface area contributed by atoms with Crippen molar-refractivity contribution in [2.75, 3.05) is 37.8 Å². The quantitative estimate of drug-likeness (QED) is 0.609. The Kier molecular flexibility index (Phi) is 8.52. The Balaban J connectivity index is 3.35. The summed E-state index contributed by atoms with van der Waals surface area (Å²) in [6.45, 7) is 4.01. The maximum atomic E-state index is 12.9. The molecular weight excluding hydrogens is 208 g/mol. The van der Waals surface area contributed by atoms with Gasteiger partial charge in [-0.1, -0.05) is 13.8 Å². The van der Waals surface area contributed by atoms with E-state index in [2.05, 4.69) is 5.32 Å². The second kappa shape index (κ2) is 8.44. The van der Waals surface area contributed by atoms with Crippen LogP contribution in [0.5, 0.6) is 0 Å². The molecule has 2 nitrogen and oxygen atoms in total. The lowest BCUT2D eigenvalue weighted by molar-refractivity contribution is -0.0712. The predicted molar refractivity (Wildman–Crippen MR) is 57.3 cm³/mol. The summed E-state index contributed by atoms with van der Waals surface area (Å²) in [6.07, 6.45) is 0. The average molecular weight is 227 g/mol.